The van der Waals surface area contributed by atoms with E-state index >= 15 is 0 Å². The van der Waals surface area contributed by atoms with E-state index in [1.54, 1.807) is 11.8 Å². The Morgan fingerprint density at radius 2 is 1.95 bits per heavy atom. The Labute approximate surface area is 127 Å². The molecule has 1 N–H and O–H groups in total. The summed E-state index contributed by atoms with van der Waals surface area (Å²) in [6.45, 7) is 10.6. The summed E-state index contributed by atoms with van der Waals surface area (Å²) in [6, 6.07) is 2.06. The van der Waals surface area contributed by atoms with Gasteiger partial charge >= 0.3 is 0 Å². The van der Waals surface area contributed by atoms with Crippen molar-refractivity contribution in [2.75, 3.05) is 38.3 Å². The first-order valence-corrected chi connectivity index (χ1v) is 8.22. The fourth-order valence-electron chi connectivity index (χ4n) is 1.51. The molecule has 0 spiro atoms. The molecule has 0 bridgehead atoms. The van der Waals surface area contributed by atoms with Gasteiger partial charge in [0.2, 0.25) is 0 Å². The van der Waals surface area contributed by atoms with Crippen molar-refractivity contribution in [2.24, 2.45) is 0 Å². The lowest BCUT2D eigenvalue weighted by molar-refractivity contribution is 0.437. The van der Waals surface area contributed by atoms with Crippen LogP contribution >= 0.6 is 11.8 Å². The molecule has 1 rings (SSSR count). The fourth-order valence-corrected chi connectivity index (χ4v) is 2.52. The third-order valence-electron chi connectivity index (χ3n) is 2.72. The van der Waals surface area contributed by atoms with Crippen LogP contribution in [0.3, 0.4) is 0 Å². The normalized spacial score (nSPS) is 11.9. The molecular formula is C15H28N4S. The monoisotopic (exact) mass is 296 g/mol. The quantitative estimate of drug-likeness (QED) is 0.618. The summed E-state index contributed by atoms with van der Waals surface area (Å²) in [6.07, 6.45) is 1.10. The standard InChI is InChI=1S/C15H28N4S/c1-7-8-16-12-11-13(20-10-9-19(5)6)18-14(17-12)15(2,3)4/h11H,7-10H2,1-6H3,(H,16,17,18). The second-order valence-electron chi connectivity index (χ2n) is 6.24. The highest BCUT2D eigenvalue weighted by Gasteiger charge is 2.19. The molecule has 0 aliphatic carbocycles. The molecule has 5 heteroatoms. The van der Waals surface area contributed by atoms with Gasteiger partial charge < -0.3 is 10.2 Å². The lowest BCUT2D eigenvalue weighted by Gasteiger charge is -2.19. The van der Waals surface area contributed by atoms with E-state index < -0.39 is 0 Å². The average molecular weight is 296 g/mol. The van der Waals surface area contributed by atoms with E-state index in [1.165, 1.54) is 0 Å². The van der Waals surface area contributed by atoms with E-state index in [0.29, 0.717) is 0 Å². The van der Waals surface area contributed by atoms with Crippen LogP contribution in [-0.2, 0) is 5.41 Å². The Morgan fingerprint density at radius 1 is 1.25 bits per heavy atom. The van der Waals surface area contributed by atoms with Gasteiger partial charge in [0, 0.05) is 30.3 Å². The maximum atomic E-state index is 4.70. The zero-order chi connectivity index (χ0) is 15.2. The van der Waals surface area contributed by atoms with Gasteiger partial charge in [0.25, 0.3) is 0 Å². The first-order valence-electron chi connectivity index (χ1n) is 7.24. The van der Waals surface area contributed by atoms with Gasteiger partial charge in [-0.3, -0.25) is 0 Å². The van der Waals surface area contributed by atoms with E-state index in [9.17, 15) is 0 Å². The average Bonchev–Trinajstić information content (AvgIpc) is 2.34. The highest BCUT2D eigenvalue weighted by molar-refractivity contribution is 7.99. The van der Waals surface area contributed by atoms with Crippen LogP contribution in [0.2, 0.25) is 0 Å². The molecule has 0 saturated carbocycles. The molecule has 4 nitrogen and oxygen atoms in total. The van der Waals surface area contributed by atoms with Crippen LogP contribution in [0.4, 0.5) is 5.82 Å². The van der Waals surface area contributed by atoms with E-state index in [2.05, 4.69) is 63.1 Å². The molecule has 0 fully saturated rings. The number of nitrogens with one attached hydrogen (secondary N) is 1. The number of hydrogen-bond donors (Lipinski definition) is 1. The van der Waals surface area contributed by atoms with Crippen molar-refractivity contribution >= 4 is 17.6 Å². The third-order valence-corrected chi connectivity index (χ3v) is 3.61. The van der Waals surface area contributed by atoms with Crippen LogP contribution in [0.1, 0.15) is 39.9 Å². The van der Waals surface area contributed by atoms with Crippen molar-refractivity contribution < 1.29 is 0 Å². The van der Waals surface area contributed by atoms with Gasteiger partial charge in [-0.05, 0) is 20.5 Å². The van der Waals surface area contributed by atoms with Crippen molar-refractivity contribution in [3.63, 3.8) is 0 Å². The smallest absolute Gasteiger partial charge is 0.137 e. The molecule has 0 aliphatic rings. The molecule has 0 unspecified atom stereocenters. The largest absolute Gasteiger partial charge is 0.370 e. The van der Waals surface area contributed by atoms with Gasteiger partial charge in [-0.1, -0.05) is 27.7 Å². The minimum Gasteiger partial charge on any atom is -0.370 e. The van der Waals surface area contributed by atoms with Crippen LogP contribution in [0.25, 0.3) is 0 Å². The van der Waals surface area contributed by atoms with E-state index in [0.717, 1.165) is 41.9 Å². The summed E-state index contributed by atoms with van der Waals surface area (Å²) >= 11 is 1.79. The number of thioether (sulfide) groups is 1. The number of hydrogen-bond acceptors (Lipinski definition) is 5. The van der Waals surface area contributed by atoms with E-state index in [4.69, 9.17) is 4.98 Å². The Kier molecular flexibility index (Phi) is 6.76. The minimum atomic E-state index is -0.0270. The lowest BCUT2D eigenvalue weighted by atomic mass is 9.96. The highest BCUT2D eigenvalue weighted by Crippen LogP contribution is 2.25. The van der Waals surface area contributed by atoms with Gasteiger partial charge in [0.1, 0.15) is 16.7 Å². The van der Waals surface area contributed by atoms with Crippen molar-refractivity contribution in [3.8, 4) is 0 Å². The summed E-state index contributed by atoms with van der Waals surface area (Å²) in [5, 5.41) is 4.43. The predicted molar refractivity (Wildman–Crippen MR) is 88.8 cm³/mol. The molecule has 0 radical (unpaired) electrons. The molecule has 0 saturated heterocycles. The SMILES string of the molecule is CCCNc1cc(SCCN(C)C)nc(C(C)(C)C)n1. The minimum absolute atomic E-state index is 0.0270. The molecule has 1 aromatic rings. The predicted octanol–water partition coefficient (Wildman–Crippen LogP) is 3.25. The van der Waals surface area contributed by atoms with Crippen molar-refractivity contribution in [1.82, 2.24) is 14.9 Å². The summed E-state index contributed by atoms with van der Waals surface area (Å²) in [5.41, 5.74) is -0.0270. The number of aromatic nitrogens is 2. The fraction of sp³-hybridized carbons (Fsp3) is 0.733. The van der Waals surface area contributed by atoms with Crippen LogP contribution in [0.5, 0.6) is 0 Å². The number of rotatable bonds is 7. The summed E-state index contributed by atoms with van der Waals surface area (Å²) in [4.78, 5) is 11.5. The summed E-state index contributed by atoms with van der Waals surface area (Å²) < 4.78 is 0. The van der Waals surface area contributed by atoms with E-state index in [1.807, 2.05) is 0 Å². The zero-order valence-electron chi connectivity index (χ0n) is 13.7. The highest BCUT2D eigenvalue weighted by atomic mass is 32.2. The number of nitrogens with zero attached hydrogens (tertiary/aromatic N) is 3. The Hall–Kier alpha value is -0.810. The second-order valence-corrected chi connectivity index (χ2v) is 7.36. The van der Waals surface area contributed by atoms with Crippen LogP contribution in [0.15, 0.2) is 11.1 Å². The van der Waals surface area contributed by atoms with Gasteiger partial charge in [-0.25, -0.2) is 9.97 Å². The first kappa shape index (κ1) is 17.2. The molecule has 114 valence electrons. The van der Waals surface area contributed by atoms with Crippen molar-refractivity contribution in [2.45, 2.75) is 44.6 Å². The van der Waals surface area contributed by atoms with Crippen LogP contribution < -0.4 is 5.32 Å². The van der Waals surface area contributed by atoms with Crippen molar-refractivity contribution in [3.05, 3.63) is 11.9 Å². The summed E-state index contributed by atoms with van der Waals surface area (Å²) in [5.74, 6) is 2.89. The topological polar surface area (TPSA) is 41.0 Å². The van der Waals surface area contributed by atoms with Gasteiger partial charge in [0.15, 0.2) is 0 Å². The molecule has 0 aliphatic heterocycles. The Bertz CT molecular complexity index is 413. The maximum Gasteiger partial charge on any atom is 0.137 e. The zero-order valence-corrected chi connectivity index (χ0v) is 14.5. The molecule has 0 atom stereocenters. The van der Waals surface area contributed by atoms with Crippen molar-refractivity contribution in [1.29, 1.82) is 0 Å². The van der Waals surface area contributed by atoms with Gasteiger partial charge in [0.05, 0.1) is 0 Å². The Balaban J connectivity index is 2.86. The Morgan fingerprint density at radius 3 is 2.50 bits per heavy atom. The molecule has 0 amide bonds. The molecule has 1 heterocycles. The van der Waals surface area contributed by atoms with Crippen LogP contribution in [0, 0.1) is 0 Å². The maximum absolute atomic E-state index is 4.70. The van der Waals surface area contributed by atoms with Gasteiger partial charge in [-0.2, -0.15) is 0 Å². The van der Waals surface area contributed by atoms with Gasteiger partial charge in [-0.15, -0.1) is 11.8 Å². The molecule has 1 aromatic heterocycles. The lowest BCUT2D eigenvalue weighted by Crippen LogP contribution is -2.18. The molecule has 20 heavy (non-hydrogen) atoms. The second kappa shape index (κ2) is 7.84. The third kappa shape index (κ3) is 6.09. The molecular weight excluding hydrogens is 268 g/mol. The first-order chi connectivity index (χ1) is 9.32. The summed E-state index contributed by atoms with van der Waals surface area (Å²) in [7, 11) is 4.19. The molecule has 0 aromatic carbocycles. The number of anilines is 1. The van der Waals surface area contributed by atoms with E-state index in [-0.39, 0.29) is 5.41 Å². The van der Waals surface area contributed by atoms with Crippen LogP contribution in [-0.4, -0.2) is 47.8 Å².